The Morgan fingerprint density at radius 3 is 2.45 bits per heavy atom. The molecule has 31 heavy (non-hydrogen) atoms. The molecule has 3 aromatic carbocycles. The van der Waals surface area contributed by atoms with Crippen molar-refractivity contribution in [1.82, 2.24) is 4.98 Å². The smallest absolute Gasteiger partial charge is 0.354 e. The molecule has 0 radical (unpaired) electrons. The normalized spacial score (nSPS) is 10.2. The van der Waals surface area contributed by atoms with Gasteiger partial charge in [-0.25, -0.2) is 9.78 Å². The molecule has 0 aliphatic carbocycles. The first-order valence-electron chi connectivity index (χ1n) is 9.64. The van der Waals surface area contributed by atoms with Gasteiger partial charge >= 0.3 is 5.97 Å². The van der Waals surface area contributed by atoms with Crippen LogP contribution in [0.5, 0.6) is 0 Å². The molecular weight excluding hydrogens is 388 g/mol. The number of anilines is 1. The van der Waals surface area contributed by atoms with Gasteiger partial charge in [-0.2, -0.15) is 0 Å². The molecule has 4 aromatic rings. The summed E-state index contributed by atoms with van der Waals surface area (Å²) in [7, 11) is 0. The van der Waals surface area contributed by atoms with E-state index in [0.29, 0.717) is 12.1 Å². The van der Waals surface area contributed by atoms with E-state index in [1.54, 1.807) is 11.0 Å². The van der Waals surface area contributed by atoms with Gasteiger partial charge in [0.15, 0.2) is 0 Å². The van der Waals surface area contributed by atoms with Gasteiger partial charge < -0.3 is 10.0 Å². The molecule has 0 unspecified atom stereocenters. The van der Waals surface area contributed by atoms with Gasteiger partial charge in [0.2, 0.25) is 6.41 Å². The highest BCUT2D eigenvalue weighted by Gasteiger charge is 2.09. The molecule has 5 heteroatoms. The van der Waals surface area contributed by atoms with Gasteiger partial charge in [0, 0.05) is 23.0 Å². The lowest BCUT2D eigenvalue weighted by Crippen LogP contribution is -2.20. The van der Waals surface area contributed by atoms with E-state index in [1.165, 1.54) is 12.3 Å². The number of hydrogen-bond donors (Lipinski definition) is 1. The van der Waals surface area contributed by atoms with Crippen molar-refractivity contribution in [3.05, 3.63) is 107 Å². The minimum Gasteiger partial charge on any atom is -0.477 e. The van der Waals surface area contributed by atoms with Crippen molar-refractivity contribution in [3.8, 4) is 11.8 Å². The number of aromatic nitrogens is 1. The summed E-state index contributed by atoms with van der Waals surface area (Å²) in [5.74, 6) is 5.04. The monoisotopic (exact) mass is 406 g/mol. The molecule has 0 aliphatic heterocycles. The Hall–Kier alpha value is -4.43. The van der Waals surface area contributed by atoms with Crippen LogP contribution in [0.3, 0.4) is 0 Å². The van der Waals surface area contributed by atoms with Crippen LogP contribution in [0.2, 0.25) is 0 Å². The minimum atomic E-state index is -1.08. The molecule has 5 nitrogen and oxygen atoms in total. The van der Waals surface area contributed by atoms with Crippen molar-refractivity contribution < 1.29 is 14.7 Å². The van der Waals surface area contributed by atoms with E-state index in [-0.39, 0.29) is 5.69 Å². The van der Waals surface area contributed by atoms with Crippen molar-refractivity contribution in [3.63, 3.8) is 0 Å². The quantitative estimate of drug-likeness (QED) is 0.391. The topological polar surface area (TPSA) is 70.5 Å². The molecule has 0 saturated heterocycles. The number of carbonyl (C=O) groups excluding carboxylic acids is 1. The number of carboxylic acid groups (broad SMARTS) is 1. The van der Waals surface area contributed by atoms with Gasteiger partial charge in [-0.1, -0.05) is 60.4 Å². The predicted octanol–water partition coefficient (Wildman–Crippen LogP) is 4.50. The highest BCUT2D eigenvalue weighted by atomic mass is 16.4. The maximum atomic E-state index is 11.9. The summed E-state index contributed by atoms with van der Waals surface area (Å²) < 4.78 is 0. The summed E-state index contributed by atoms with van der Waals surface area (Å²) in [4.78, 5) is 28.3. The lowest BCUT2D eigenvalue weighted by atomic mass is 10.1. The van der Waals surface area contributed by atoms with Crippen LogP contribution >= 0.6 is 0 Å². The molecule has 150 valence electrons. The molecule has 0 saturated carbocycles. The summed E-state index contributed by atoms with van der Waals surface area (Å²) >= 11 is 0. The van der Waals surface area contributed by atoms with Gasteiger partial charge in [-0.3, -0.25) is 4.79 Å². The summed E-state index contributed by atoms with van der Waals surface area (Å²) in [6.45, 7) is 0.378. The number of nitrogens with zero attached hydrogens (tertiary/aromatic N) is 2. The minimum absolute atomic E-state index is 0.0250. The van der Waals surface area contributed by atoms with Gasteiger partial charge in [-0.15, -0.1) is 0 Å². The highest BCUT2D eigenvalue weighted by Crippen LogP contribution is 2.23. The number of carbonyl (C=O) groups is 2. The van der Waals surface area contributed by atoms with Crippen molar-refractivity contribution >= 4 is 28.8 Å². The summed E-state index contributed by atoms with van der Waals surface area (Å²) in [6.07, 6.45) is 2.26. The summed E-state index contributed by atoms with van der Waals surface area (Å²) in [5, 5.41) is 11.1. The van der Waals surface area contributed by atoms with Crippen LogP contribution in [0.4, 0.5) is 5.69 Å². The Kier molecular flexibility index (Phi) is 5.72. The largest absolute Gasteiger partial charge is 0.477 e. The average molecular weight is 406 g/mol. The van der Waals surface area contributed by atoms with Crippen molar-refractivity contribution in [2.24, 2.45) is 0 Å². The number of benzene rings is 3. The third-order valence-corrected chi connectivity index (χ3v) is 4.87. The number of pyridine rings is 1. The third-order valence-electron chi connectivity index (χ3n) is 4.87. The zero-order valence-electron chi connectivity index (χ0n) is 16.5. The van der Waals surface area contributed by atoms with E-state index in [1.807, 2.05) is 66.7 Å². The van der Waals surface area contributed by atoms with Gasteiger partial charge in [0.05, 0.1) is 6.54 Å². The molecule has 1 N–H and O–H groups in total. The van der Waals surface area contributed by atoms with E-state index in [4.69, 9.17) is 5.11 Å². The van der Waals surface area contributed by atoms with Gasteiger partial charge in [-0.05, 0) is 46.7 Å². The first-order chi connectivity index (χ1) is 15.1. The fraction of sp³-hybridized carbons (Fsp3) is 0.0385. The Morgan fingerprint density at radius 2 is 1.71 bits per heavy atom. The van der Waals surface area contributed by atoms with E-state index < -0.39 is 5.97 Å². The van der Waals surface area contributed by atoms with Crippen LogP contribution in [0.25, 0.3) is 10.8 Å². The van der Waals surface area contributed by atoms with Crippen LogP contribution < -0.4 is 4.90 Å². The van der Waals surface area contributed by atoms with Crippen LogP contribution in [0.15, 0.2) is 85.1 Å². The lowest BCUT2D eigenvalue weighted by molar-refractivity contribution is -0.107. The highest BCUT2D eigenvalue weighted by molar-refractivity contribution is 5.88. The van der Waals surface area contributed by atoms with Crippen LogP contribution in [0.1, 0.15) is 27.2 Å². The fourth-order valence-corrected chi connectivity index (χ4v) is 3.24. The molecule has 0 fully saturated rings. The Labute approximate surface area is 179 Å². The number of hydrogen-bond acceptors (Lipinski definition) is 3. The zero-order valence-corrected chi connectivity index (χ0v) is 16.5. The van der Waals surface area contributed by atoms with Crippen molar-refractivity contribution in [2.45, 2.75) is 6.54 Å². The molecule has 1 heterocycles. The van der Waals surface area contributed by atoms with Crippen molar-refractivity contribution in [2.75, 3.05) is 4.90 Å². The standard InChI is InChI=1S/C26H18N2O3/c29-18-28(24-13-12-20-5-1-3-7-22(20)15-24)17-23-8-4-2-6-21(23)11-9-19-10-14-25(26(30)31)27-16-19/h1-8,10,12-16,18H,17H2,(H,30,31). The maximum Gasteiger partial charge on any atom is 0.354 e. The van der Waals surface area contributed by atoms with Gasteiger partial charge in [0.1, 0.15) is 5.69 Å². The average Bonchev–Trinajstić information content (AvgIpc) is 2.81. The first kappa shape index (κ1) is 19.9. The third kappa shape index (κ3) is 4.60. The van der Waals surface area contributed by atoms with E-state index in [2.05, 4.69) is 16.8 Å². The molecule has 0 bridgehead atoms. The van der Waals surface area contributed by atoms with Crippen LogP contribution in [-0.4, -0.2) is 22.5 Å². The van der Waals surface area contributed by atoms with Crippen molar-refractivity contribution in [1.29, 1.82) is 0 Å². The Morgan fingerprint density at radius 1 is 0.935 bits per heavy atom. The van der Waals surface area contributed by atoms with Gasteiger partial charge in [0.25, 0.3) is 0 Å². The SMILES string of the molecule is O=CN(Cc1ccccc1C#Cc1ccc(C(=O)O)nc1)c1ccc2ccccc2c1. The molecule has 0 spiro atoms. The number of rotatable bonds is 5. The molecule has 0 atom stereocenters. The zero-order chi connectivity index (χ0) is 21.6. The summed E-state index contributed by atoms with van der Waals surface area (Å²) in [6, 6.07) is 24.6. The number of fused-ring (bicyclic) bond motifs is 1. The van der Waals surface area contributed by atoms with Crippen LogP contribution in [0, 0.1) is 11.8 Å². The number of amides is 1. The number of carboxylic acids is 1. The second-order valence-electron chi connectivity index (χ2n) is 6.91. The summed E-state index contributed by atoms with van der Waals surface area (Å²) in [5.41, 5.74) is 3.09. The van der Waals surface area contributed by atoms with E-state index in [0.717, 1.165) is 34.0 Å². The van der Waals surface area contributed by atoms with Crippen LogP contribution in [-0.2, 0) is 11.3 Å². The molecule has 4 rings (SSSR count). The van der Waals surface area contributed by atoms with E-state index >= 15 is 0 Å². The fourth-order valence-electron chi connectivity index (χ4n) is 3.24. The Balaban J connectivity index is 1.60. The number of aromatic carboxylic acids is 1. The maximum absolute atomic E-state index is 11.9. The molecule has 0 aliphatic rings. The second-order valence-corrected chi connectivity index (χ2v) is 6.91. The molecule has 1 amide bonds. The predicted molar refractivity (Wildman–Crippen MR) is 120 cm³/mol. The second kappa shape index (κ2) is 8.93. The first-order valence-corrected chi connectivity index (χ1v) is 9.64. The molecule has 1 aromatic heterocycles. The lowest BCUT2D eigenvalue weighted by Gasteiger charge is -2.19. The van der Waals surface area contributed by atoms with E-state index in [9.17, 15) is 9.59 Å². The Bertz CT molecular complexity index is 1320. The molecular formula is C26H18N2O3.